The van der Waals surface area contributed by atoms with Crippen LogP contribution in [0.2, 0.25) is 0 Å². The molecule has 0 aliphatic carbocycles. The lowest BCUT2D eigenvalue weighted by molar-refractivity contribution is 0.213. The molecule has 0 fully saturated rings. The first-order chi connectivity index (χ1) is 20.8. The number of aromatic nitrogens is 6. The third kappa shape index (κ3) is 5.28. The molecule has 16 heteroatoms. The fourth-order valence-electron chi connectivity index (χ4n) is 4.70. The van der Waals surface area contributed by atoms with Gasteiger partial charge in [0.25, 0.3) is 0 Å². The Kier molecular flexibility index (Phi) is 7.29. The number of benzene rings is 3. The van der Waals surface area contributed by atoms with E-state index >= 15 is 0 Å². The predicted molar refractivity (Wildman–Crippen MR) is 157 cm³/mol. The van der Waals surface area contributed by atoms with E-state index in [4.69, 9.17) is 14.2 Å². The van der Waals surface area contributed by atoms with Crippen LogP contribution < -0.4 is 24.4 Å². The third-order valence-electron chi connectivity index (χ3n) is 6.52. The van der Waals surface area contributed by atoms with Gasteiger partial charge in [0.15, 0.2) is 6.23 Å². The van der Waals surface area contributed by atoms with Crippen molar-refractivity contribution in [3.63, 3.8) is 0 Å². The Morgan fingerprint density at radius 1 is 0.884 bits per heavy atom. The molecule has 6 aromatic rings. The quantitative estimate of drug-likeness (QED) is 0.0881. The number of para-hydroxylation sites is 3. The minimum absolute atomic E-state index is 0.0790. The van der Waals surface area contributed by atoms with Crippen molar-refractivity contribution >= 4 is 42.7 Å². The van der Waals surface area contributed by atoms with Crippen molar-refractivity contribution in [2.24, 2.45) is 0 Å². The van der Waals surface area contributed by atoms with Crippen molar-refractivity contribution in [1.29, 1.82) is 0 Å². The molecule has 224 valence electrons. The van der Waals surface area contributed by atoms with Gasteiger partial charge < -0.3 is 24.4 Å². The monoisotopic (exact) mass is 608 g/mol. The van der Waals surface area contributed by atoms with Gasteiger partial charge >= 0.3 is 0 Å². The normalized spacial score (nSPS) is 12.6. The van der Waals surface area contributed by atoms with E-state index in [2.05, 4.69) is 35.6 Å². The second-order valence-electron chi connectivity index (χ2n) is 9.41. The third-order valence-corrected chi connectivity index (χ3v) is 8.11. The van der Waals surface area contributed by atoms with Crippen LogP contribution in [0.4, 0.5) is 0 Å². The predicted octanol–water partition coefficient (Wildman–Crippen LogP) is 2.92. The average Bonchev–Trinajstić information content (AvgIpc) is 3.67. The molecule has 43 heavy (non-hydrogen) atoms. The maximum Gasteiger partial charge on any atom is 0.242 e. The molecule has 1 unspecified atom stereocenters. The van der Waals surface area contributed by atoms with Crippen molar-refractivity contribution < 1.29 is 32.8 Å². The fraction of sp³-hybridized carbons (Fsp3) is 0.222. The molecular weight excluding hydrogens is 580 g/mol. The molecule has 0 aliphatic rings. The van der Waals surface area contributed by atoms with Crippen LogP contribution in [0.15, 0.2) is 59.5 Å². The van der Waals surface area contributed by atoms with Gasteiger partial charge in [-0.15, -0.1) is 15.3 Å². The molecule has 6 rings (SSSR count). The highest BCUT2D eigenvalue weighted by Gasteiger charge is 2.21. The molecule has 0 saturated heterocycles. The second kappa shape index (κ2) is 11.2. The summed E-state index contributed by atoms with van der Waals surface area (Å²) in [4.78, 5) is 1.44. The summed E-state index contributed by atoms with van der Waals surface area (Å²) in [5.41, 5.74) is 4.41. The highest BCUT2D eigenvalue weighted by molar-refractivity contribution is 7.89. The Bertz CT molecular complexity index is 2040. The Hall–Kier alpha value is -5.22. The van der Waals surface area contributed by atoms with Gasteiger partial charge in [0.05, 0.1) is 21.7 Å². The van der Waals surface area contributed by atoms with Gasteiger partial charge in [-0.1, -0.05) is 25.1 Å². The van der Waals surface area contributed by atoms with Crippen LogP contribution in [0.1, 0.15) is 13.8 Å². The smallest absolute Gasteiger partial charge is 0.242 e. The van der Waals surface area contributed by atoms with E-state index in [0.717, 1.165) is 0 Å². The Balaban J connectivity index is 1.15. The molecule has 15 nitrogen and oxygen atoms in total. The number of hydrogen-bond acceptors (Lipinski definition) is 11. The van der Waals surface area contributed by atoms with Crippen molar-refractivity contribution in [2.75, 3.05) is 25.2 Å². The summed E-state index contributed by atoms with van der Waals surface area (Å²) in [7, 11) is -3.70. The van der Waals surface area contributed by atoms with Gasteiger partial charge in [0, 0.05) is 6.54 Å². The van der Waals surface area contributed by atoms with Gasteiger partial charge in [0.2, 0.25) is 27.7 Å². The lowest BCUT2D eigenvalue weighted by Gasteiger charge is -2.18. The summed E-state index contributed by atoms with van der Waals surface area (Å²) < 4.78 is 45.4. The fourth-order valence-corrected chi connectivity index (χ4v) is 5.92. The zero-order valence-corrected chi connectivity index (χ0v) is 23.8. The van der Waals surface area contributed by atoms with E-state index in [-0.39, 0.29) is 42.3 Å². The zero-order chi connectivity index (χ0) is 30.1. The van der Waals surface area contributed by atoms with Crippen molar-refractivity contribution in [1.82, 2.24) is 35.0 Å². The minimum Gasteiger partial charge on any atom is -0.492 e. The summed E-state index contributed by atoms with van der Waals surface area (Å²) in [5, 5.41) is 39.5. The Morgan fingerprint density at radius 3 is 2.40 bits per heavy atom. The standard InChI is InChI=1S/C27H28N8O7S/c1-3-28-43(38,39)21-12-6-8-17-23(21)30-32-27(17)41-14-13-40-20-11-5-9-18-24(20)35(34-26(18)37)33-15(2)42-19-10-4-7-16-22(19)29-31-25(16)36/h4-12,15,28,33H,3,13-14H2,1-2H3,(H,30,32)(H,34,37)(H2,29,31,36). The number of nitrogens with one attached hydrogen (secondary N) is 4. The summed E-state index contributed by atoms with van der Waals surface area (Å²) >= 11 is 0. The number of aromatic hydroxyl groups is 2. The zero-order valence-electron chi connectivity index (χ0n) is 23.0. The number of ether oxygens (including phenoxy) is 3. The number of aromatic amines is 2. The van der Waals surface area contributed by atoms with Crippen LogP contribution in [0.5, 0.6) is 29.1 Å². The number of fused-ring (bicyclic) bond motifs is 3. The van der Waals surface area contributed by atoms with Crippen molar-refractivity contribution in [3.05, 3.63) is 54.6 Å². The summed E-state index contributed by atoms with van der Waals surface area (Å²) in [6, 6.07) is 15.2. The van der Waals surface area contributed by atoms with E-state index in [1.165, 1.54) is 10.9 Å². The highest BCUT2D eigenvalue weighted by atomic mass is 32.2. The summed E-state index contributed by atoms with van der Waals surface area (Å²) in [5.74, 6) is 0.777. The number of H-pyrrole nitrogens is 2. The average molecular weight is 609 g/mol. The largest absolute Gasteiger partial charge is 0.492 e. The Morgan fingerprint density at radius 2 is 1.58 bits per heavy atom. The molecule has 0 radical (unpaired) electrons. The van der Waals surface area contributed by atoms with E-state index in [0.29, 0.717) is 44.2 Å². The van der Waals surface area contributed by atoms with E-state index in [1.54, 1.807) is 62.4 Å². The first kappa shape index (κ1) is 27.9. The number of rotatable bonds is 12. The molecule has 3 heterocycles. The minimum atomic E-state index is -3.70. The molecule has 0 amide bonds. The molecular formula is C27H28N8O7S. The van der Waals surface area contributed by atoms with Crippen LogP contribution in [0.3, 0.4) is 0 Å². The highest BCUT2D eigenvalue weighted by Crippen LogP contribution is 2.33. The summed E-state index contributed by atoms with van der Waals surface area (Å²) in [6.07, 6.45) is -0.635. The first-order valence-electron chi connectivity index (χ1n) is 13.3. The number of nitrogens with zero attached hydrogens (tertiary/aromatic N) is 4. The summed E-state index contributed by atoms with van der Waals surface area (Å²) in [6.45, 7) is 3.90. The molecule has 6 N–H and O–H groups in total. The van der Waals surface area contributed by atoms with Gasteiger partial charge in [-0.05, 0) is 43.3 Å². The molecule has 3 aromatic heterocycles. The molecule has 0 saturated carbocycles. The second-order valence-corrected chi connectivity index (χ2v) is 11.1. The van der Waals surface area contributed by atoms with Crippen LogP contribution >= 0.6 is 0 Å². The maximum atomic E-state index is 12.5. The Labute approximate surface area is 244 Å². The van der Waals surface area contributed by atoms with E-state index in [9.17, 15) is 18.6 Å². The first-order valence-corrected chi connectivity index (χ1v) is 14.8. The number of sulfonamides is 1. The molecule has 3 aromatic carbocycles. The van der Waals surface area contributed by atoms with Crippen LogP contribution in [0.25, 0.3) is 32.7 Å². The van der Waals surface area contributed by atoms with Crippen LogP contribution in [-0.2, 0) is 10.0 Å². The van der Waals surface area contributed by atoms with Gasteiger partial charge in [0.1, 0.15) is 40.6 Å². The van der Waals surface area contributed by atoms with Gasteiger partial charge in [-0.25, -0.2) is 13.1 Å². The topological polar surface area (TPSA) is 202 Å². The molecule has 0 aliphatic heterocycles. The van der Waals surface area contributed by atoms with Crippen molar-refractivity contribution in [3.8, 4) is 29.1 Å². The molecule has 1 atom stereocenters. The van der Waals surface area contributed by atoms with E-state index in [1.807, 2.05) is 0 Å². The lowest BCUT2D eigenvalue weighted by atomic mass is 10.2. The van der Waals surface area contributed by atoms with Crippen molar-refractivity contribution in [2.45, 2.75) is 25.0 Å². The SMILES string of the molecule is CCNS(=O)(=O)c1cccc2c(OCCOc3cccc4c(O)nn(NC(C)Oc5cccc6c(O)n[nH]c56)c34)n[nH]c12. The van der Waals surface area contributed by atoms with Crippen LogP contribution in [-0.4, -0.2) is 74.9 Å². The molecule has 0 spiro atoms. The number of hydrogen-bond donors (Lipinski definition) is 6. The van der Waals surface area contributed by atoms with Crippen LogP contribution in [0, 0.1) is 0 Å². The van der Waals surface area contributed by atoms with E-state index < -0.39 is 16.3 Å². The van der Waals surface area contributed by atoms with Gasteiger partial charge in [-0.2, -0.15) is 4.79 Å². The maximum absolute atomic E-state index is 12.5. The van der Waals surface area contributed by atoms with Gasteiger partial charge in [-0.3, -0.25) is 15.6 Å². The molecule has 0 bridgehead atoms. The lowest BCUT2D eigenvalue weighted by Crippen LogP contribution is -2.31.